The molecule has 0 saturated carbocycles. The number of hydrogen-bond donors (Lipinski definition) is 1. The molecule has 4 aromatic rings. The number of rotatable bonds is 17. The van der Waals surface area contributed by atoms with Crippen LogP contribution in [0.15, 0.2) is 94.6 Å². The van der Waals surface area contributed by atoms with Gasteiger partial charge in [-0.1, -0.05) is 54.6 Å². The number of aryl methyl sites for hydroxylation is 1. The van der Waals surface area contributed by atoms with Crippen molar-refractivity contribution in [1.82, 2.24) is 18.9 Å². The summed E-state index contributed by atoms with van der Waals surface area (Å²) in [5, 5.41) is 0. The summed E-state index contributed by atoms with van der Waals surface area (Å²) in [4.78, 5) is 28.1. The molecule has 0 spiro atoms. The lowest BCUT2D eigenvalue weighted by Crippen LogP contribution is -2.45. The molecule has 0 unspecified atom stereocenters. The SMILES string of the molecule is COc1ccc(C(OC[C@H]2O[C@@H](n3cc(C)c(=O)[nH]c3=O)C[C@@H]2OP(N(C(C)C)C(C)C)N(C(C)C)C(C)C)(c2ccccc2)c2ccc(OC)cc2)cc1. The summed E-state index contributed by atoms with van der Waals surface area (Å²) in [7, 11) is 1.99. The lowest BCUT2D eigenvalue weighted by molar-refractivity contribution is -0.0922. The van der Waals surface area contributed by atoms with Gasteiger partial charge in [-0.3, -0.25) is 14.3 Å². The fourth-order valence-corrected chi connectivity index (χ4v) is 10.0. The fraction of sp³-hybridized carbons (Fsp3) is 0.488. The highest BCUT2D eigenvalue weighted by atomic mass is 31.2. The lowest BCUT2D eigenvalue weighted by atomic mass is 9.80. The van der Waals surface area contributed by atoms with E-state index in [1.54, 1.807) is 27.3 Å². The van der Waals surface area contributed by atoms with Crippen molar-refractivity contribution >= 4 is 8.45 Å². The molecule has 1 fully saturated rings. The average molecular weight is 775 g/mol. The first-order chi connectivity index (χ1) is 26.2. The highest BCUT2D eigenvalue weighted by molar-refractivity contribution is 7.47. The van der Waals surface area contributed by atoms with Gasteiger partial charge in [-0.05, 0) is 103 Å². The highest BCUT2D eigenvalue weighted by Gasteiger charge is 2.46. The minimum Gasteiger partial charge on any atom is -0.497 e. The second-order valence-corrected chi connectivity index (χ2v) is 16.8. The highest BCUT2D eigenvalue weighted by Crippen LogP contribution is 2.54. The Morgan fingerprint density at radius 2 is 1.24 bits per heavy atom. The van der Waals surface area contributed by atoms with Gasteiger partial charge < -0.3 is 23.5 Å². The maximum Gasteiger partial charge on any atom is 0.330 e. The zero-order valence-electron chi connectivity index (χ0n) is 34.2. The van der Waals surface area contributed by atoms with E-state index in [2.05, 4.69) is 81.8 Å². The maximum absolute atomic E-state index is 13.3. The molecule has 0 radical (unpaired) electrons. The molecular formula is C43H59N4O7P. The zero-order valence-corrected chi connectivity index (χ0v) is 35.1. The van der Waals surface area contributed by atoms with Gasteiger partial charge in [0.25, 0.3) is 5.56 Å². The molecule has 11 nitrogen and oxygen atoms in total. The van der Waals surface area contributed by atoms with E-state index in [9.17, 15) is 9.59 Å². The van der Waals surface area contributed by atoms with E-state index < -0.39 is 43.7 Å². The first-order valence-corrected chi connectivity index (χ1v) is 20.4. The van der Waals surface area contributed by atoms with Crippen LogP contribution < -0.4 is 20.7 Å². The summed E-state index contributed by atoms with van der Waals surface area (Å²) in [6, 6.07) is 26.7. The van der Waals surface area contributed by atoms with Crippen LogP contribution in [0.25, 0.3) is 0 Å². The second-order valence-electron chi connectivity index (χ2n) is 15.2. The van der Waals surface area contributed by atoms with E-state index in [0.717, 1.165) is 28.2 Å². The third-order valence-corrected chi connectivity index (χ3v) is 13.1. The van der Waals surface area contributed by atoms with Gasteiger partial charge in [0, 0.05) is 42.3 Å². The molecule has 2 heterocycles. The van der Waals surface area contributed by atoms with Gasteiger partial charge in [0.1, 0.15) is 29.4 Å². The van der Waals surface area contributed by atoms with Crippen LogP contribution in [0.4, 0.5) is 0 Å². The molecular weight excluding hydrogens is 715 g/mol. The van der Waals surface area contributed by atoms with E-state index in [1.165, 1.54) is 4.57 Å². The summed E-state index contributed by atoms with van der Waals surface area (Å²) in [5.74, 6) is 1.45. The minimum absolute atomic E-state index is 0.112. The largest absolute Gasteiger partial charge is 0.497 e. The minimum atomic E-state index is -1.31. The molecule has 3 atom stereocenters. The van der Waals surface area contributed by atoms with Crippen LogP contribution in [0.5, 0.6) is 11.5 Å². The van der Waals surface area contributed by atoms with Gasteiger partial charge in [-0.2, -0.15) is 0 Å². The molecule has 12 heteroatoms. The zero-order chi connectivity index (χ0) is 40.0. The summed E-state index contributed by atoms with van der Waals surface area (Å²) in [5.41, 5.74) is 1.08. The van der Waals surface area contributed by atoms with Crippen LogP contribution >= 0.6 is 8.45 Å². The quantitative estimate of drug-likeness (QED) is 0.0844. The van der Waals surface area contributed by atoms with Crippen LogP contribution in [-0.2, 0) is 19.6 Å². The molecule has 55 heavy (non-hydrogen) atoms. The normalized spacial score (nSPS) is 17.8. The van der Waals surface area contributed by atoms with E-state index >= 15 is 0 Å². The topological polar surface area (TPSA) is 107 Å². The maximum atomic E-state index is 13.3. The standard InChI is InChI=1S/C43H59N4O7P/c1-28(2)46(29(3)4)55(47(30(5)6)31(7)8)54-38-25-40(45-26-32(9)41(48)44-42(45)49)53-39(38)27-52-43(33-15-13-12-14-16-33,34-17-21-36(50-10)22-18-34)35-19-23-37(51-11)24-20-35/h12-24,26,28-31,38-40H,25,27H2,1-11H3,(H,44,48,49)/t38-,39+,40+/m0/s1. The predicted molar refractivity (Wildman–Crippen MR) is 219 cm³/mol. The summed E-state index contributed by atoms with van der Waals surface area (Å²) >= 11 is 0. The van der Waals surface area contributed by atoms with Crippen LogP contribution in [0.3, 0.4) is 0 Å². The van der Waals surface area contributed by atoms with Gasteiger partial charge in [-0.15, -0.1) is 0 Å². The number of aromatic amines is 1. The number of methoxy groups -OCH3 is 2. The van der Waals surface area contributed by atoms with Gasteiger partial charge >= 0.3 is 5.69 Å². The third-order valence-electron chi connectivity index (χ3n) is 10.0. The molecule has 5 rings (SSSR count). The molecule has 1 saturated heterocycles. The number of aromatic nitrogens is 2. The first kappa shape index (κ1) is 42.3. The Morgan fingerprint density at radius 3 is 1.69 bits per heavy atom. The van der Waals surface area contributed by atoms with Gasteiger partial charge in [-0.25, -0.2) is 14.1 Å². The molecule has 1 N–H and O–H groups in total. The monoisotopic (exact) mass is 774 g/mol. The van der Waals surface area contributed by atoms with E-state index in [4.69, 9.17) is 23.5 Å². The van der Waals surface area contributed by atoms with Crippen LogP contribution in [-0.4, -0.2) is 76.1 Å². The molecule has 0 amide bonds. The van der Waals surface area contributed by atoms with E-state index in [1.807, 2.05) is 66.7 Å². The summed E-state index contributed by atoms with van der Waals surface area (Å²) in [6.45, 7) is 19.4. The van der Waals surface area contributed by atoms with Crippen molar-refractivity contribution in [3.8, 4) is 11.5 Å². The average Bonchev–Trinajstić information content (AvgIpc) is 3.55. The van der Waals surface area contributed by atoms with Gasteiger partial charge in [0.05, 0.1) is 26.9 Å². The van der Waals surface area contributed by atoms with Crippen molar-refractivity contribution in [2.75, 3.05) is 20.8 Å². The van der Waals surface area contributed by atoms with Gasteiger partial charge in [0.15, 0.2) is 8.45 Å². The van der Waals surface area contributed by atoms with Crippen molar-refractivity contribution in [3.63, 3.8) is 0 Å². The molecule has 0 aliphatic carbocycles. The van der Waals surface area contributed by atoms with Crippen molar-refractivity contribution < 1.29 is 23.5 Å². The smallest absolute Gasteiger partial charge is 0.330 e. The molecule has 1 aliphatic rings. The van der Waals surface area contributed by atoms with Gasteiger partial charge in [0.2, 0.25) is 0 Å². The van der Waals surface area contributed by atoms with Crippen molar-refractivity contribution in [1.29, 1.82) is 0 Å². The first-order valence-electron chi connectivity index (χ1n) is 19.2. The summed E-state index contributed by atoms with van der Waals surface area (Å²) in [6.07, 6.45) is 0.160. The predicted octanol–water partition coefficient (Wildman–Crippen LogP) is 8.01. The number of nitrogens with one attached hydrogen (secondary N) is 1. The third kappa shape index (κ3) is 9.25. The van der Waals surface area contributed by atoms with Crippen LogP contribution in [0.2, 0.25) is 0 Å². The Labute approximate surface area is 327 Å². The van der Waals surface area contributed by atoms with Crippen molar-refractivity contribution in [3.05, 3.63) is 128 Å². The van der Waals surface area contributed by atoms with Crippen LogP contribution in [0, 0.1) is 6.92 Å². The summed E-state index contributed by atoms with van der Waals surface area (Å²) < 4.78 is 39.0. The van der Waals surface area contributed by atoms with E-state index in [0.29, 0.717) is 12.0 Å². The molecule has 298 valence electrons. The second kappa shape index (κ2) is 18.4. The number of nitrogens with zero attached hydrogens (tertiary/aromatic N) is 3. The number of benzene rings is 3. The molecule has 3 aromatic carbocycles. The van der Waals surface area contributed by atoms with Crippen molar-refractivity contribution in [2.45, 2.75) is 117 Å². The Balaban J connectivity index is 1.65. The Hall–Kier alpha value is -3.83. The Morgan fingerprint density at radius 1 is 0.764 bits per heavy atom. The lowest BCUT2D eigenvalue weighted by Gasteiger charge is -2.47. The van der Waals surface area contributed by atoms with E-state index in [-0.39, 0.29) is 30.8 Å². The van der Waals surface area contributed by atoms with Crippen molar-refractivity contribution in [2.24, 2.45) is 0 Å². The number of ether oxygens (including phenoxy) is 4. The molecule has 1 aliphatic heterocycles. The fourth-order valence-electron chi connectivity index (χ4n) is 7.55. The number of hydrogen-bond acceptors (Lipinski definition) is 9. The number of H-pyrrole nitrogens is 1. The Kier molecular flexibility index (Phi) is 14.2. The molecule has 0 bridgehead atoms. The Bertz CT molecular complexity index is 1850. The molecule has 1 aromatic heterocycles. The van der Waals surface area contributed by atoms with Crippen LogP contribution in [0.1, 0.15) is 90.3 Å².